The number of carbonyl (C=O) groups excluding carboxylic acids is 1. The number of piperidine rings is 1. The largest absolute Gasteiger partial charge is 0.486 e. The molecule has 6 nitrogen and oxygen atoms in total. The van der Waals surface area contributed by atoms with Crippen molar-refractivity contribution in [1.82, 2.24) is 9.97 Å². The van der Waals surface area contributed by atoms with E-state index in [4.69, 9.17) is 9.47 Å². The van der Waals surface area contributed by atoms with E-state index < -0.39 is 11.6 Å². The molecule has 1 aromatic heterocycles. The topological polar surface area (TPSA) is 64.5 Å². The van der Waals surface area contributed by atoms with Crippen LogP contribution in [0.5, 0.6) is 5.75 Å². The van der Waals surface area contributed by atoms with Crippen molar-refractivity contribution >= 4 is 11.9 Å². The van der Waals surface area contributed by atoms with E-state index in [1.54, 1.807) is 19.1 Å². The first kappa shape index (κ1) is 19.0. The van der Waals surface area contributed by atoms with Gasteiger partial charge in [0.2, 0.25) is 11.6 Å². The minimum atomic E-state index is -1.94. The Balaban J connectivity index is 1.53. The molecule has 0 amide bonds. The number of aromatic nitrogens is 2. The van der Waals surface area contributed by atoms with Gasteiger partial charge in [0.1, 0.15) is 12.4 Å². The highest BCUT2D eigenvalue weighted by atomic mass is 19.1. The molecule has 1 aliphatic heterocycles. The molecule has 0 atom stereocenters. The van der Waals surface area contributed by atoms with E-state index in [0.29, 0.717) is 24.8 Å². The number of esters is 1. The molecule has 0 N–H and O–H groups in total. The van der Waals surface area contributed by atoms with Gasteiger partial charge in [-0.25, -0.2) is 23.5 Å². The van der Waals surface area contributed by atoms with E-state index in [1.807, 2.05) is 4.90 Å². The molecule has 1 saturated heterocycles. The second-order valence-corrected chi connectivity index (χ2v) is 6.31. The van der Waals surface area contributed by atoms with E-state index in [9.17, 15) is 13.6 Å². The normalized spacial score (nSPS) is 16.0. The lowest BCUT2D eigenvalue weighted by Crippen LogP contribution is -2.47. The van der Waals surface area contributed by atoms with Crippen LogP contribution in [0.4, 0.5) is 14.7 Å². The Kier molecular flexibility index (Phi) is 5.83. The quantitative estimate of drug-likeness (QED) is 0.721. The van der Waals surface area contributed by atoms with E-state index in [0.717, 1.165) is 5.56 Å². The molecule has 0 unspecified atom stereocenters. The lowest BCUT2D eigenvalue weighted by Gasteiger charge is -2.34. The lowest BCUT2D eigenvalue weighted by molar-refractivity contribution is -0.158. The average molecular weight is 377 g/mol. The highest BCUT2D eigenvalue weighted by molar-refractivity contribution is 5.79. The number of hydrogen-bond donors (Lipinski definition) is 0. The summed E-state index contributed by atoms with van der Waals surface area (Å²) in [6, 6.07) is 6.03. The second-order valence-electron chi connectivity index (χ2n) is 6.31. The smallest absolute Gasteiger partial charge is 0.344 e. The van der Waals surface area contributed by atoms with Crippen molar-refractivity contribution in [2.45, 2.75) is 32.0 Å². The number of halogens is 2. The highest BCUT2D eigenvalue weighted by Crippen LogP contribution is 2.29. The molecular formula is C19H21F2N3O3. The number of alkyl halides is 1. The lowest BCUT2D eigenvalue weighted by atomic mass is 9.93. The van der Waals surface area contributed by atoms with Crippen LogP contribution in [0.3, 0.4) is 0 Å². The summed E-state index contributed by atoms with van der Waals surface area (Å²) in [6.45, 7) is 2.74. The van der Waals surface area contributed by atoms with Crippen molar-refractivity contribution in [3.05, 3.63) is 48.0 Å². The summed E-state index contributed by atoms with van der Waals surface area (Å²) >= 11 is 0. The number of carbonyl (C=O) groups is 1. The van der Waals surface area contributed by atoms with Crippen LogP contribution in [0.15, 0.2) is 36.7 Å². The number of rotatable bonds is 6. The van der Waals surface area contributed by atoms with Gasteiger partial charge in [0.05, 0.1) is 19.0 Å². The first-order valence-corrected chi connectivity index (χ1v) is 8.80. The number of nitrogens with zero attached hydrogens (tertiary/aromatic N) is 3. The maximum Gasteiger partial charge on any atom is 0.344 e. The first-order valence-electron chi connectivity index (χ1n) is 8.80. The fourth-order valence-electron chi connectivity index (χ4n) is 2.82. The van der Waals surface area contributed by atoms with Gasteiger partial charge in [-0.15, -0.1) is 0 Å². The third-order valence-corrected chi connectivity index (χ3v) is 4.41. The molecule has 8 heteroatoms. The number of ether oxygens (including phenoxy) is 2. The van der Waals surface area contributed by atoms with Crippen molar-refractivity contribution < 1.29 is 23.0 Å². The number of anilines is 1. The van der Waals surface area contributed by atoms with Gasteiger partial charge < -0.3 is 14.4 Å². The van der Waals surface area contributed by atoms with E-state index >= 15 is 0 Å². The molecule has 3 rings (SSSR count). The monoisotopic (exact) mass is 377 g/mol. The Morgan fingerprint density at radius 2 is 1.81 bits per heavy atom. The molecular weight excluding hydrogens is 356 g/mol. The van der Waals surface area contributed by atoms with Crippen LogP contribution in [0, 0.1) is 5.82 Å². The fraction of sp³-hybridized carbons (Fsp3) is 0.421. The van der Waals surface area contributed by atoms with Crippen LogP contribution in [0.1, 0.15) is 25.3 Å². The third kappa shape index (κ3) is 4.69. The van der Waals surface area contributed by atoms with Gasteiger partial charge in [-0.3, -0.25) is 0 Å². The Morgan fingerprint density at radius 3 is 2.41 bits per heavy atom. The van der Waals surface area contributed by atoms with E-state index in [2.05, 4.69) is 9.97 Å². The minimum Gasteiger partial charge on any atom is -0.486 e. The van der Waals surface area contributed by atoms with Crippen molar-refractivity contribution in [2.24, 2.45) is 0 Å². The van der Waals surface area contributed by atoms with Gasteiger partial charge >= 0.3 is 5.97 Å². The molecule has 144 valence electrons. The zero-order chi connectivity index (χ0) is 19.3. The van der Waals surface area contributed by atoms with Gasteiger partial charge in [-0.05, 0) is 24.6 Å². The summed E-state index contributed by atoms with van der Waals surface area (Å²) in [6.07, 6.45) is 3.15. The van der Waals surface area contributed by atoms with Gasteiger partial charge in [0.25, 0.3) is 0 Å². The third-order valence-electron chi connectivity index (χ3n) is 4.41. The van der Waals surface area contributed by atoms with Crippen LogP contribution in [-0.2, 0) is 16.1 Å². The minimum absolute atomic E-state index is 0.0397. The zero-order valence-electron chi connectivity index (χ0n) is 15.0. The molecule has 27 heavy (non-hydrogen) atoms. The predicted molar refractivity (Wildman–Crippen MR) is 94.7 cm³/mol. The Labute approximate surface area is 156 Å². The average Bonchev–Trinajstić information content (AvgIpc) is 2.69. The molecule has 2 heterocycles. The molecule has 1 aliphatic rings. The summed E-state index contributed by atoms with van der Waals surface area (Å²) < 4.78 is 37.9. The predicted octanol–water partition coefficient (Wildman–Crippen LogP) is 3.07. The Hall–Kier alpha value is -2.77. The molecule has 0 spiro atoms. The van der Waals surface area contributed by atoms with Crippen molar-refractivity contribution in [3.63, 3.8) is 0 Å². The number of hydrogen-bond acceptors (Lipinski definition) is 6. The number of benzene rings is 1. The van der Waals surface area contributed by atoms with Crippen molar-refractivity contribution in [3.8, 4) is 5.75 Å². The van der Waals surface area contributed by atoms with Gasteiger partial charge in [0, 0.05) is 25.9 Å². The summed E-state index contributed by atoms with van der Waals surface area (Å²) in [5.74, 6) is -0.162. The summed E-state index contributed by atoms with van der Waals surface area (Å²) in [4.78, 5) is 22.0. The van der Waals surface area contributed by atoms with Crippen LogP contribution in [0.2, 0.25) is 0 Å². The van der Waals surface area contributed by atoms with Crippen LogP contribution in [-0.4, -0.2) is 41.3 Å². The van der Waals surface area contributed by atoms with Gasteiger partial charge in [-0.1, -0.05) is 12.1 Å². The SMILES string of the molecule is CCOC(=O)C1(F)CCN(c2ncc(OCc3ccc(F)cc3)cn2)CC1. The maximum absolute atomic E-state index is 14.6. The molecule has 0 bridgehead atoms. The Bertz CT molecular complexity index is 761. The molecule has 2 aromatic rings. The van der Waals surface area contributed by atoms with Crippen LogP contribution >= 0.6 is 0 Å². The van der Waals surface area contributed by atoms with Crippen molar-refractivity contribution in [2.75, 3.05) is 24.6 Å². The van der Waals surface area contributed by atoms with E-state index in [-0.39, 0.29) is 31.9 Å². The highest BCUT2D eigenvalue weighted by Gasteiger charge is 2.43. The standard InChI is InChI=1S/C19H21F2N3O3/c1-2-26-17(25)19(21)7-9-24(10-8-19)18-22-11-16(12-23-18)27-13-14-3-5-15(20)6-4-14/h3-6,11-12H,2,7-10,13H2,1H3. The molecule has 0 aliphatic carbocycles. The van der Waals surface area contributed by atoms with Crippen LogP contribution in [0.25, 0.3) is 0 Å². The first-order chi connectivity index (χ1) is 13.0. The van der Waals surface area contributed by atoms with Crippen LogP contribution < -0.4 is 9.64 Å². The van der Waals surface area contributed by atoms with Gasteiger partial charge in [0.15, 0.2) is 5.75 Å². The summed E-state index contributed by atoms with van der Waals surface area (Å²) in [5, 5.41) is 0. The van der Waals surface area contributed by atoms with Gasteiger partial charge in [-0.2, -0.15) is 0 Å². The molecule has 1 fully saturated rings. The maximum atomic E-state index is 14.6. The Morgan fingerprint density at radius 1 is 1.19 bits per heavy atom. The van der Waals surface area contributed by atoms with E-state index in [1.165, 1.54) is 24.5 Å². The van der Waals surface area contributed by atoms with Crippen molar-refractivity contribution in [1.29, 1.82) is 0 Å². The molecule has 1 aromatic carbocycles. The zero-order valence-corrected chi connectivity index (χ0v) is 15.0. The summed E-state index contributed by atoms with van der Waals surface area (Å²) in [7, 11) is 0. The molecule has 0 saturated carbocycles. The summed E-state index contributed by atoms with van der Waals surface area (Å²) in [5.41, 5.74) is -1.11. The second kappa shape index (κ2) is 8.28. The molecule has 0 radical (unpaired) electrons. The fourth-order valence-corrected chi connectivity index (χ4v) is 2.82.